The van der Waals surface area contributed by atoms with Gasteiger partial charge >= 0.3 is 0 Å². The van der Waals surface area contributed by atoms with Gasteiger partial charge < -0.3 is 10.2 Å². The van der Waals surface area contributed by atoms with E-state index in [1.54, 1.807) is 0 Å². The lowest BCUT2D eigenvalue weighted by molar-refractivity contribution is -0.140. The van der Waals surface area contributed by atoms with Crippen LogP contribution in [0.4, 0.5) is 5.69 Å². The van der Waals surface area contributed by atoms with Crippen LogP contribution in [-0.4, -0.2) is 50.0 Å². The highest BCUT2D eigenvalue weighted by Gasteiger charge is 2.33. The fourth-order valence-corrected chi connectivity index (χ4v) is 6.05. The van der Waals surface area contributed by atoms with E-state index in [-0.39, 0.29) is 29.2 Å². The Morgan fingerprint density at radius 1 is 1.05 bits per heavy atom. The van der Waals surface area contributed by atoms with Gasteiger partial charge in [0.25, 0.3) is 0 Å². The molecule has 0 heterocycles. The summed E-state index contributed by atoms with van der Waals surface area (Å²) in [5.41, 5.74) is 2.07. The second-order valence-corrected chi connectivity index (χ2v) is 12.4. The molecule has 2 aromatic carbocycles. The summed E-state index contributed by atoms with van der Waals surface area (Å²) in [5.74, 6) is -0.715. The summed E-state index contributed by atoms with van der Waals surface area (Å²) in [4.78, 5) is 28.7. The first-order valence-electron chi connectivity index (χ1n) is 12.6. The number of amides is 2. The standard InChI is InChI=1S/C27H35Cl2N3O4S/c1-4-24(27(34)30-22-8-6-5-7-9-22)31(17-20-12-10-19(2)11-13-20)26(33)18-32(37(3,35)36)25-15-14-21(28)16-23(25)29/h10-16,22,24H,4-9,17-18H2,1-3H3,(H,30,34). The van der Waals surface area contributed by atoms with Gasteiger partial charge in [-0.15, -0.1) is 0 Å². The molecule has 37 heavy (non-hydrogen) atoms. The van der Waals surface area contributed by atoms with Gasteiger partial charge in [-0.05, 0) is 49.9 Å². The number of benzene rings is 2. The van der Waals surface area contributed by atoms with Crippen LogP contribution < -0.4 is 9.62 Å². The Kier molecular flexibility index (Phi) is 10.3. The van der Waals surface area contributed by atoms with Crippen molar-refractivity contribution in [1.29, 1.82) is 0 Å². The molecule has 10 heteroatoms. The van der Waals surface area contributed by atoms with Gasteiger partial charge in [-0.25, -0.2) is 8.42 Å². The lowest BCUT2D eigenvalue weighted by atomic mass is 9.95. The molecule has 1 fully saturated rings. The maximum atomic E-state index is 13.8. The second-order valence-electron chi connectivity index (χ2n) is 9.64. The molecule has 2 aromatic rings. The van der Waals surface area contributed by atoms with Crippen molar-refractivity contribution < 1.29 is 18.0 Å². The van der Waals surface area contributed by atoms with Crippen LogP contribution in [0.15, 0.2) is 42.5 Å². The molecule has 1 aliphatic carbocycles. The minimum Gasteiger partial charge on any atom is -0.352 e. The van der Waals surface area contributed by atoms with Crippen LogP contribution >= 0.6 is 23.2 Å². The summed E-state index contributed by atoms with van der Waals surface area (Å²) >= 11 is 12.3. The lowest BCUT2D eigenvalue weighted by Gasteiger charge is -2.34. The smallest absolute Gasteiger partial charge is 0.244 e. The van der Waals surface area contributed by atoms with Gasteiger partial charge in [0.05, 0.1) is 17.0 Å². The topological polar surface area (TPSA) is 86.8 Å². The van der Waals surface area contributed by atoms with E-state index in [0.29, 0.717) is 11.4 Å². The number of rotatable bonds is 10. The van der Waals surface area contributed by atoms with Gasteiger partial charge in [-0.2, -0.15) is 0 Å². The molecular weight excluding hydrogens is 533 g/mol. The van der Waals surface area contributed by atoms with Crippen LogP contribution in [0, 0.1) is 6.92 Å². The van der Waals surface area contributed by atoms with E-state index < -0.39 is 28.5 Å². The number of aryl methyl sites for hydroxylation is 1. The molecule has 0 bridgehead atoms. The van der Waals surface area contributed by atoms with Crippen LogP contribution in [0.5, 0.6) is 0 Å². The number of halogens is 2. The summed E-state index contributed by atoms with van der Waals surface area (Å²) in [5, 5.41) is 3.59. The monoisotopic (exact) mass is 567 g/mol. The Labute approximate surface area is 230 Å². The van der Waals surface area contributed by atoms with Crippen LogP contribution in [0.3, 0.4) is 0 Å². The van der Waals surface area contributed by atoms with Gasteiger partial charge in [-0.3, -0.25) is 13.9 Å². The third-order valence-corrected chi connectivity index (χ3v) is 8.33. The van der Waals surface area contributed by atoms with Gasteiger partial charge in [0.1, 0.15) is 12.6 Å². The number of anilines is 1. The lowest BCUT2D eigenvalue weighted by Crippen LogP contribution is -2.54. The predicted octanol–water partition coefficient (Wildman–Crippen LogP) is 5.32. The molecule has 1 N–H and O–H groups in total. The number of nitrogens with one attached hydrogen (secondary N) is 1. The Bertz CT molecular complexity index is 1200. The molecule has 7 nitrogen and oxygen atoms in total. The first-order valence-corrected chi connectivity index (χ1v) is 15.2. The number of nitrogens with zero attached hydrogens (tertiary/aromatic N) is 2. The first kappa shape index (κ1) is 29.3. The third kappa shape index (κ3) is 8.09. The molecule has 202 valence electrons. The minimum atomic E-state index is -3.88. The molecule has 2 amide bonds. The van der Waals surface area contributed by atoms with E-state index in [1.807, 2.05) is 38.1 Å². The van der Waals surface area contributed by atoms with Crippen LogP contribution in [0.25, 0.3) is 0 Å². The maximum Gasteiger partial charge on any atom is 0.244 e. The van der Waals surface area contributed by atoms with E-state index in [9.17, 15) is 18.0 Å². The summed E-state index contributed by atoms with van der Waals surface area (Å²) < 4.78 is 26.4. The van der Waals surface area contributed by atoms with Crippen molar-refractivity contribution in [1.82, 2.24) is 10.2 Å². The number of hydrogen-bond donors (Lipinski definition) is 1. The quantitative estimate of drug-likeness (QED) is 0.420. The molecule has 3 rings (SSSR count). The molecule has 1 saturated carbocycles. The zero-order chi connectivity index (χ0) is 27.2. The highest BCUT2D eigenvalue weighted by Crippen LogP contribution is 2.30. The van der Waals surface area contributed by atoms with Crippen molar-refractivity contribution in [2.75, 3.05) is 17.1 Å². The molecular formula is C27H35Cl2N3O4S. The van der Waals surface area contributed by atoms with Crippen LogP contribution in [0.2, 0.25) is 10.0 Å². The van der Waals surface area contributed by atoms with E-state index in [1.165, 1.54) is 23.1 Å². The van der Waals surface area contributed by atoms with Crippen molar-refractivity contribution >= 4 is 50.7 Å². The highest BCUT2D eigenvalue weighted by molar-refractivity contribution is 7.92. The first-order chi connectivity index (χ1) is 17.5. The fraction of sp³-hybridized carbons (Fsp3) is 0.481. The summed E-state index contributed by atoms with van der Waals surface area (Å²) in [6, 6.07) is 11.5. The SMILES string of the molecule is CCC(C(=O)NC1CCCCC1)N(Cc1ccc(C)cc1)C(=O)CN(c1ccc(Cl)cc1Cl)S(C)(=O)=O. The number of carbonyl (C=O) groups excluding carboxylic acids is 2. The number of hydrogen-bond acceptors (Lipinski definition) is 4. The van der Waals surface area contributed by atoms with Crippen molar-refractivity contribution in [3.05, 3.63) is 63.6 Å². The predicted molar refractivity (Wildman–Crippen MR) is 149 cm³/mol. The average Bonchev–Trinajstić information content (AvgIpc) is 2.84. The zero-order valence-corrected chi connectivity index (χ0v) is 23.9. The molecule has 1 atom stereocenters. The fourth-order valence-electron chi connectivity index (χ4n) is 4.63. The highest BCUT2D eigenvalue weighted by atomic mass is 35.5. The number of carbonyl (C=O) groups is 2. The minimum absolute atomic E-state index is 0.0898. The average molecular weight is 569 g/mol. The third-order valence-electron chi connectivity index (χ3n) is 6.67. The van der Waals surface area contributed by atoms with Crippen molar-refractivity contribution in [2.24, 2.45) is 0 Å². The van der Waals surface area contributed by atoms with Crippen molar-refractivity contribution in [3.8, 4) is 0 Å². The normalized spacial score (nSPS) is 15.2. The Morgan fingerprint density at radius 3 is 2.27 bits per heavy atom. The molecule has 0 aliphatic heterocycles. The van der Waals surface area contributed by atoms with Gasteiger partial charge in [0, 0.05) is 17.6 Å². The van der Waals surface area contributed by atoms with E-state index in [4.69, 9.17) is 23.2 Å². The summed E-state index contributed by atoms with van der Waals surface area (Å²) in [6.45, 7) is 3.49. The van der Waals surface area contributed by atoms with Crippen molar-refractivity contribution in [3.63, 3.8) is 0 Å². The largest absolute Gasteiger partial charge is 0.352 e. The van der Waals surface area contributed by atoms with Crippen LogP contribution in [-0.2, 0) is 26.2 Å². The zero-order valence-electron chi connectivity index (χ0n) is 21.5. The van der Waals surface area contributed by atoms with Gasteiger partial charge in [0.15, 0.2) is 0 Å². The van der Waals surface area contributed by atoms with Gasteiger partial charge in [0.2, 0.25) is 21.8 Å². The number of sulfonamides is 1. The van der Waals surface area contributed by atoms with Crippen molar-refractivity contribution in [2.45, 2.75) is 71.0 Å². The van der Waals surface area contributed by atoms with E-state index in [0.717, 1.165) is 53.8 Å². The molecule has 0 spiro atoms. The Balaban J connectivity index is 1.93. The molecule has 0 saturated heterocycles. The molecule has 0 radical (unpaired) electrons. The molecule has 1 aliphatic rings. The van der Waals surface area contributed by atoms with Crippen LogP contribution in [0.1, 0.15) is 56.6 Å². The Morgan fingerprint density at radius 2 is 1.70 bits per heavy atom. The van der Waals surface area contributed by atoms with E-state index >= 15 is 0 Å². The summed E-state index contributed by atoms with van der Waals surface area (Å²) in [7, 11) is -3.88. The molecule has 0 aromatic heterocycles. The van der Waals surface area contributed by atoms with Gasteiger partial charge in [-0.1, -0.05) is 79.2 Å². The second kappa shape index (κ2) is 13.0. The summed E-state index contributed by atoms with van der Waals surface area (Å²) in [6.07, 6.45) is 6.55. The molecule has 1 unspecified atom stereocenters. The Hall–Kier alpha value is -2.29. The van der Waals surface area contributed by atoms with E-state index in [2.05, 4.69) is 5.32 Å². The maximum absolute atomic E-state index is 13.8.